The summed E-state index contributed by atoms with van der Waals surface area (Å²) >= 11 is 0. The molecule has 0 aliphatic carbocycles. The van der Waals surface area contributed by atoms with Crippen LogP contribution in [0.2, 0.25) is 0 Å². The second-order valence-electron chi connectivity index (χ2n) is 4.32. The molecule has 2 aromatic heterocycles. The van der Waals surface area contributed by atoms with Crippen LogP contribution in [0.3, 0.4) is 0 Å². The number of nitrogens with zero attached hydrogens (tertiary/aromatic N) is 4. The molecule has 0 unspecified atom stereocenters. The van der Waals surface area contributed by atoms with Crippen molar-refractivity contribution in [3.8, 4) is 0 Å². The predicted octanol–water partition coefficient (Wildman–Crippen LogP) is 1.92. The van der Waals surface area contributed by atoms with Crippen LogP contribution in [0, 0.1) is 24.0 Å². The van der Waals surface area contributed by atoms with Crippen LogP contribution in [0.1, 0.15) is 11.1 Å². The molecule has 0 aromatic carbocycles. The van der Waals surface area contributed by atoms with Gasteiger partial charge in [-0.25, -0.2) is 4.98 Å². The van der Waals surface area contributed by atoms with Gasteiger partial charge in [0.2, 0.25) is 0 Å². The molecule has 0 saturated heterocycles. The van der Waals surface area contributed by atoms with E-state index in [2.05, 4.69) is 15.4 Å². The minimum Gasteiger partial charge on any atom is -0.368 e. The van der Waals surface area contributed by atoms with Gasteiger partial charge >= 0.3 is 0 Å². The van der Waals surface area contributed by atoms with Gasteiger partial charge in [-0.3, -0.25) is 14.8 Å². The predicted molar refractivity (Wildman–Crippen MR) is 71.1 cm³/mol. The maximum absolute atomic E-state index is 10.7. The lowest BCUT2D eigenvalue weighted by molar-refractivity contribution is -0.385. The summed E-state index contributed by atoms with van der Waals surface area (Å²) in [4.78, 5) is 14.3. The second-order valence-corrected chi connectivity index (χ2v) is 4.32. The summed E-state index contributed by atoms with van der Waals surface area (Å²) in [6.07, 6.45) is 5.03. The lowest BCUT2D eigenvalue weighted by Crippen LogP contribution is -2.11. The fourth-order valence-corrected chi connectivity index (χ4v) is 1.72. The molecule has 0 bridgehead atoms. The number of aryl methyl sites for hydroxylation is 2. The average Bonchev–Trinajstić information content (AvgIpc) is 2.75. The fourth-order valence-electron chi connectivity index (χ4n) is 1.72. The second kappa shape index (κ2) is 5.47. The number of anilines is 1. The SMILES string of the molecule is Cc1cnn(CCNc2cc(C)c([N+](=O)[O-])cn2)c1. The van der Waals surface area contributed by atoms with Gasteiger partial charge < -0.3 is 5.32 Å². The highest BCUT2D eigenvalue weighted by Gasteiger charge is 2.10. The third-order valence-corrected chi connectivity index (χ3v) is 2.69. The first-order valence-corrected chi connectivity index (χ1v) is 5.90. The van der Waals surface area contributed by atoms with E-state index in [1.807, 2.05) is 17.8 Å². The molecule has 1 N–H and O–H groups in total. The van der Waals surface area contributed by atoms with Gasteiger partial charge in [-0.05, 0) is 25.5 Å². The van der Waals surface area contributed by atoms with Crippen molar-refractivity contribution < 1.29 is 4.92 Å². The van der Waals surface area contributed by atoms with Crippen LogP contribution in [0.15, 0.2) is 24.7 Å². The molecule has 0 aliphatic heterocycles. The summed E-state index contributed by atoms with van der Waals surface area (Å²) in [6, 6.07) is 1.67. The Morgan fingerprint density at radius 1 is 1.42 bits per heavy atom. The van der Waals surface area contributed by atoms with Crippen molar-refractivity contribution in [3.05, 3.63) is 45.9 Å². The van der Waals surface area contributed by atoms with Gasteiger partial charge in [0.1, 0.15) is 12.0 Å². The zero-order chi connectivity index (χ0) is 13.8. The molecule has 2 rings (SSSR count). The van der Waals surface area contributed by atoms with Crippen molar-refractivity contribution >= 4 is 11.5 Å². The molecule has 0 amide bonds. The largest absolute Gasteiger partial charge is 0.368 e. The fraction of sp³-hybridized carbons (Fsp3) is 0.333. The van der Waals surface area contributed by atoms with Crippen LogP contribution in [-0.4, -0.2) is 26.2 Å². The van der Waals surface area contributed by atoms with Crippen molar-refractivity contribution in [2.75, 3.05) is 11.9 Å². The van der Waals surface area contributed by atoms with E-state index in [1.165, 1.54) is 6.20 Å². The summed E-state index contributed by atoms with van der Waals surface area (Å²) in [6.45, 7) is 5.05. The normalized spacial score (nSPS) is 10.4. The van der Waals surface area contributed by atoms with Gasteiger partial charge in [0.25, 0.3) is 5.69 Å². The van der Waals surface area contributed by atoms with E-state index in [1.54, 1.807) is 19.2 Å². The summed E-state index contributed by atoms with van der Waals surface area (Å²) in [5.74, 6) is 0.631. The number of rotatable bonds is 5. The molecule has 0 radical (unpaired) electrons. The summed E-state index contributed by atoms with van der Waals surface area (Å²) in [5.41, 5.74) is 1.75. The molecular weight excluding hydrogens is 246 g/mol. The van der Waals surface area contributed by atoms with Crippen LogP contribution < -0.4 is 5.32 Å². The maximum atomic E-state index is 10.7. The number of nitro groups is 1. The summed E-state index contributed by atoms with van der Waals surface area (Å²) in [7, 11) is 0. The summed E-state index contributed by atoms with van der Waals surface area (Å²) in [5, 5.41) is 18.0. The van der Waals surface area contributed by atoms with E-state index < -0.39 is 4.92 Å². The van der Waals surface area contributed by atoms with Crippen LogP contribution >= 0.6 is 0 Å². The molecule has 7 heteroatoms. The van der Waals surface area contributed by atoms with Crippen LogP contribution in [0.5, 0.6) is 0 Å². The Labute approximate surface area is 110 Å². The molecule has 7 nitrogen and oxygen atoms in total. The Morgan fingerprint density at radius 3 is 2.79 bits per heavy atom. The quantitative estimate of drug-likeness (QED) is 0.656. The third kappa shape index (κ3) is 3.27. The number of hydrogen-bond acceptors (Lipinski definition) is 5. The maximum Gasteiger partial charge on any atom is 0.290 e. The molecule has 0 atom stereocenters. The Bertz CT molecular complexity index is 594. The van der Waals surface area contributed by atoms with E-state index in [9.17, 15) is 10.1 Å². The summed E-state index contributed by atoms with van der Waals surface area (Å²) < 4.78 is 1.83. The van der Waals surface area contributed by atoms with Crippen molar-refractivity contribution in [2.45, 2.75) is 20.4 Å². The van der Waals surface area contributed by atoms with Gasteiger partial charge in [-0.2, -0.15) is 5.10 Å². The highest BCUT2D eigenvalue weighted by atomic mass is 16.6. The van der Waals surface area contributed by atoms with E-state index in [4.69, 9.17) is 0 Å². The van der Waals surface area contributed by atoms with Gasteiger partial charge in [-0.1, -0.05) is 0 Å². The number of nitrogens with one attached hydrogen (secondary N) is 1. The lowest BCUT2D eigenvalue weighted by atomic mass is 10.2. The van der Waals surface area contributed by atoms with E-state index in [-0.39, 0.29) is 5.69 Å². The van der Waals surface area contributed by atoms with Crippen molar-refractivity contribution in [3.63, 3.8) is 0 Å². The highest BCUT2D eigenvalue weighted by molar-refractivity contribution is 5.46. The number of hydrogen-bond donors (Lipinski definition) is 1. The first-order valence-electron chi connectivity index (χ1n) is 5.90. The topological polar surface area (TPSA) is 85.9 Å². The van der Waals surface area contributed by atoms with Crippen molar-refractivity contribution in [1.29, 1.82) is 0 Å². The van der Waals surface area contributed by atoms with Gasteiger partial charge in [0.15, 0.2) is 0 Å². The standard InChI is InChI=1S/C12H15N5O2/c1-9-6-15-16(8-9)4-3-13-12-5-10(2)11(7-14-12)17(18)19/h5-8H,3-4H2,1-2H3,(H,13,14). The minimum atomic E-state index is -0.432. The van der Waals surface area contributed by atoms with Gasteiger partial charge in [0, 0.05) is 18.3 Å². The number of pyridine rings is 1. The van der Waals surface area contributed by atoms with Gasteiger partial charge in [-0.15, -0.1) is 0 Å². The molecule has 0 spiro atoms. The van der Waals surface area contributed by atoms with Crippen LogP contribution in [-0.2, 0) is 6.54 Å². The lowest BCUT2D eigenvalue weighted by Gasteiger charge is -2.06. The van der Waals surface area contributed by atoms with Crippen molar-refractivity contribution in [2.24, 2.45) is 0 Å². The molecule has 0 aliphatic rings. The van der Waals surface area contributed by atoms with Crippen LogP contribution in [0.4, 0.5) is 11.5 Å². The molecular formula is C12H15N5O2. The Balaban J connectivity index is 1.93. The molecule has 0 saturated carbocycles. The Kier molecular flexibility index (Phi) is 3.74. The molecule has 0 fully saturated rings. The minimum absolute atomic E-state index is 0.0354. The molecule has 100 valence electrons. The zero-order valence-corrected chi connectivity index (χ0v) is 10.8. The van der Waals surface area contributed by atoms with Crippen molar-refractivity contribution in [1.82, 2.24) is 14.8 Å². The monoisotopic (exact) mass is 261 g/mol. The zero-order valence-electron chi connectivity index (χ0n) is 10.8. The molecule has 19 heavy (non-hydrogen) atoms. The Hall–Kier alpha value is -2.44. The smallest absolute Gasteiger partial charge is 0.290 e. The third-order valence-electron chi connectivity index (χ3n) is 2.69. The first kappa shape index (κ1) is 13.0. The highest BCUT2D eigenvalue weighted by Crippen LogP contribution is 2.18. The average molecular weight is 261 g/mol. The van der Waals surface area contributed by atoms with Gasteiger partial charge in [0.05, 0.1) is 17.7 Å². The van der Waals surface area contributed by atoms with Crippen LogP contribution in [0.25, 0.3) is 0 Å². The number of aromatic nitrogens is 3. The van der Waals surface area contributed by atoms with E-state index in [0.717, 1.165) is 5.56 Å². The van der Waals surface area contributed by atoms with E-state index >= 15 is 0 Å². The van der Waals surface area contributed by atoms with E-state index in [0.29, 0.717) is 24.5 Å². The molecule has 2 heterocycles. The Morgan fingerprint density at radius 2 is 2.21 bits per heavy atom. The molecule has 2 aromatic rings. The first-order chi connectivity index (χ1) is 9.06.